The molecule has 0 saturated carbocycles. The minimum Gasteiger partial charge on any atom is -0.494 e. The molecule has 0 bridgehead atoms. The molecule has 0 spiro atoms. The van der Waals surface area contributed by atoms with Crippen molar-refractivity contribution in [2.24, 2.45) is 0 Å². The molecule has 15 aromatic rings. The van der Waals surface area contributed by atoms with E-state index >= 15 is 0 Å². The SMILES string of the molecule is C1COCCO1.CCCOc1cccc(C(=O)Nc2nc(-c3ccccc3)ns2)c1.CCCOc1cccc(C(=O)Nc2nc(-c3ccccc3)ns2)c1.CCCOc1cccc(C(=O)Nc2nc(-c3ccccc3)ns2)c1.CCCOc1cccc(C(=O)Nc2nc(-c3ccccc3)ns2)c1.CCCOc1cccc(C(=O)Nc2nc(-c3ccccc3)ns2)c1. The fourth-order valence-corrected chi connectivity index (χ4v) is 13.8. The van der Waals surface area contributed by atoms with Gasteiger partial charge in [-0.15, -0.1) is 0 Å². The Kier molecular flexibility index (Phi) is 37.9. The van der Waals surface area contributed by atoms with Crippen LogP contribution in [0, 0.1) is 0 Å². The van der Waals surface area contributed by atoms with Crippen LogP contribution < -0.4 is 50.3 Å². The lowest BCUT2D eigenvalue weighted by Crippen LogP contribution is -2.16. The molecule has 126 heavy (non-hydrogen) atoms. The maximum Gasteiger partial charge on any atom is 0.257 e. The number of hydrogen-bond acceptors (Lipinski definition) is 27. The molecule has 1 saturated heterocycles. The number of amides is 5. The van der Waals surface area contributed by atoms with E-state index in [1.54, 1.807) is 91.0 Å². The van der Waals surface area contributed by atoms with Gasteiger partial charge in [-0.2, -0.15) is 46.8 Å². The second-order valence-corrected chi connectivity index (χ2v) is 30.6. The Morgan fingerprint density at radius 2 is 0.429 bits per heavy atom. The van der Waals surface area contributed by atoms with Crippen LogP contribution in [0.2, 0.25) is 0 Å². The van der Waals surface area contributed by atoms with Gasteiger partial charge < -0.3 is 33.2 Å². The molecule has 646 valence electrons. The van der Waals surface area contributed by atoms with Crippen molar-refractivity contribution in [1.29, 1.82) is 0 Å². The third kappa shape index (κ3) is 30.6. The quantitative estimate of drug-likeness (QED) is 0.0279. The fourth-order valence-electron chi connectivity index (χ4n) is 10.9. The fraction of sp³-hybridized carbons (Fsp3) is 0.202. The highest BCUT2D eigenvalue weighted by Gasteiger charge is 2.19. The maximum absolute atomic E-state index is 12.4. The second kappa shape index (κ2) is 51.4. The number of benzene rings is 10. The van der Waals surface area contributed by atoms with E-state index in [2.05, 4.69) is 73.4 Å². The average molecular weight is 1790 g/mol. The lowest BCUT2D eigenvalue weighted by Gasteiger charge is -2.09. The highest BCUT2D eigenvalue weighted by molar-refractivity contribution is 7.11. The summed E-state index contributed by atoms with van der Waals surface area (Å²) in [7, 11) is 0. The van der Waals surface area contributed by atoms with Crippen LogP contribution >= 0.6 is 57.7 Å². The van der Waals surface area contributed by atoms with Crippen LogP contribution in [-0.2, 0) is 9.47 Å². The highest BCUT2D eigenvalue weighted by Crippen LogP contribution is 2.29. The molecule has 27 nitrogen and oxygen atoms in total. The van der Waals surface area contributed by atoms with Gasteiger partial charge in [0.05, 0.1) is 59.5 Å². The van der Waals surface area contributed by atoms with Gasteiger partial charge in [0.15, 0.2) is 29.1 Å². The van der Waals surface area contributed by atoms with Crippen molar-refractivity contribution in [3.05, 3.63) is 301 Å². The first-order valence-electron chi connectivity index (χ1n) is 40.6. The Morgan fingerprint density at radius 1 is 0.254 bits per heavy atom. The Balaban J connectivity index is 0.000000150. The van der Waals surface area contributed by atoms with Gasteiger partial charge >= 0.3 is 0 Å². The van der Waals surface area contributed by atoms with Crippen LogP contribution in [-0.4, -0.2) is 136 Å². The molecule has 1 fully saturated rings. The van der Waals surface area contributed by atoms with Crippen molar-refractivity contribution in [2.75, 3.05) is 86.0 Å². The van der Waals surface area contributed by atoms with Gasteiger partial charge in [-0.1, -0.05) is 217 Å². The van der Waals surface area contributed by atoms with E-state index in [1.807, 2.05) is 217 Å². The summed E-state index contributed by atoms with van der Waals surface area (Å²) in [6, 6.07) is 83.8. The van der Waals surface area contributed by atoms with Crippen LogP contribution in [0.15, 0.2) is 273 Å². The molecule has 0 radical (unpaired) electrons. The third-order valence-corrected chi connectivity index (χ3v) is 20.1. The van der Waals surface area contributed by atoms with Gasteiger partial charge in [-0.05, 0) is 123 Å². The molecule has 5 amide bonds. The van der Waals surface area contributed by atoms with Crippen LogP contribution in [0.25, 0.3) is 56.9 Å². The number of nitrogens with zero attached hydrogens (tertiary/aromatic N) is 10. The van der Waals surface area contributed by atoms with Crippen molar-refractivity contribution < 1.29 is 57.1 Å². The molecule has 0 unspecified atom stereocenters. The summed E-state index contributed by atoms with van der Waals surface area (Å²) in [6.07, 6.45) is 4.60. The minimum absolute atomic E-state index is 0.229. The largest absolute Gasteiger partial charge is 0.494 e. The van der Waals surface area contributed by atoms with Gasteiger partial charge in [0.2, 0.25) is 25.7 Å². The Bertz CT molecular complexity index is 5010. The van der Waals surface area contributed by atoms with Gasteiger partial charge in [0.25, 0.3) is 29.5 Å². The van der Waals surface area contributed by atoms with Crippen molar-refractivity contribution >= 4 is 113 Å². The van der Waals surface area contributed by atoms with Gasteiger partial charge in [0, 0.05) is 113 Å². The van der Waals surface area contributed by atoms with E-state index in [9.17, 15) is 24.0 Å². The zero-order valence-corrected chi connectivity index (χ0v) is 73.9. The number of ether oxygens (including phenoxy) is 7. The molecule has 5 N–H and O–H groups in total. The van der Waals surface area contributed by atoms with Gasteiger partial charge in [-0.3, -0.25) is 50.6 Å². The van der Waals surface area contributed by atoms with E-state index in [4.69, 9.17) is 33.2 Å². The van der Waals surface area contributed by atoms with Crippen LogP contribution in [0.1, 0.15) is 119 Å². The van der Waals surface area contributed by atoms with Gasteiger partial charge in [-0.25, -0.2) is 0 Å². The van der Waals surface area contributed by atoms with Crippen molar-refractivity contribution in [2.45, 2.75) is 66.7 Å². The Hall–Kier alpha value is -13.7. The summed E-state index contributed by atoms with van der Waals surface area (Å²) in [5.41, 5.74) is 7.24. The van der Waals surface area contributed by atoms with Gasteiger partial charge in [0.1, 0.15) is 28.7 Å². The summed E-state index contributed by atoms with van der Waals surface area (Å²) in [5.74, 6) is 5.33. The molecule has 10 aromatic carbocycles. The number of nitrogens with one attached hydrogen (secondary N) is 5. The standard InChI is InChI=1S/5C18H17N3O2S.C4H8O2/c5*1-2-11-23-15-10-6-9-14(12-15)17(22)20-18-19-16(21-24-18)13-7-4-3-5-8-13;1-2-6-4-3-5-1/h5*3-10,12H,2,11H2,1H3,(H,19,20,21,22);1-4H2. The predicted octanol–water partition coefficient (Wildman–Crippen LogP) is 21.3. The second-order valence-electron chi connectivity index (χ2n) is 26.8. The average Bonchev–Trinajstić information content (AvgIpc) is 1.77. The van der Waals surface area contributed by atoms with E-state index in [1.165, 1.54) is 0 Å². The zero-order chi connectivity index (χ0) is 88.1. The summed E-state index contributed by atoms with van der Waals surface area (Å²) in [5, 5.41) is 16.3. The number of rotatable bonds is 30. The lowest BCUT2D eigenvalue weighted by molar-refractivity contribution is -0.0334. The monoisotopic (exact) mass is 1780 g/mol. The van der Waals surface area contributed by atoms with Crippen LogP contribution in [0.3, 0.4) is 0 Å². The molecule has 1 aliphatic heterocycles. The van der Waals surface area contributed by atoms with Crippen LogP contribution in [0.4, 0.5) is 25.7 Å². The molecule has 1 aliphatic rings. The summed E-state index contributed by atoms with van der Waals surface area (Å²) >= 11 is 5.81. The molecule has 0 atom stereocenters. The Morgan fingerprint density at radius 3 is 0.587 bits per heavy atom. The minimum atomic E-state index is -0.229. The van der Waals surface area contributed by atoms with E-state index in [0.717, 1.165) is 144 Å². The number of carbonyl (C=O) groups excluding carboxylic acids is 5. The Labute approximate surface area is 750 Å². The third-order valence-electron chi connectivity index (χ3n) is 17.0. The van der Waals surface area contributed by atoms with E-state index in [0.29, 0.717) is 144 Å². The number of carbonyl (C=O) groups is 5. The molecule has 5 aromatic heterocycles. The molecule has 6 heterocycles. The lowest BCUT2D eigenvalue weighted by atomic mass is 10.2. The first-order valence-corrected chi connectivity index (χ1v) is 44.5. The molecular formula is C94H93N15O12S5. The van der Waals surface area contributed by atoms with Crippen molar-refractivity contribution in [1.82, 2.24) is 46.8 Å². The molecule has 32 heteroatoms. The molecule has 0 aliphatic carbocycles. The first kappa shape index (κ1) is 93.0. The molecule has 16 rings (SSSR count). The molecular weight excluding hydrogens is 1690 g/mol. The highest BCUT2D eigenvalue weighted by atomic mass is 32.1. The summed E-state index contributed by atoms with van der Waals surface area (Å²) < 4.78 is 59.1. The normalized spacial score (nSPS) is 11.0. The number of anilines is 5. The topological polar surface area (TPSA) is 339 Å². The predicted molar refractivity (Wildman–Crippen MR) is 499 cm³/mol. The zero-order valence-electron chi connectivity index (χ0n) is 69.8. The van der Waals surface area contributed by atoms with E-state index < -0.39 is 0 Å². The van der Waals surface area contributed by atoms with Crippen LogP contribution in [0.5, 0.6) is 28.7 Å². The number of aromatic nitrogens is 10. The summed E-state index contributed by atoms with van der Waals surface area (Å²) in [4.78, 5) is 83.6. The van der Waals surface area contributed by atoms with Crippen molar-refractivity contribution in [3.8, 4) is 85.7 Å². The summed E-state index contributed by atoms with van der Waals surface area (Å²) in [6.45, 7) is 16.4. The number of hydrogen-bond donors (Lipinski definition) is 5. The first-order chi connectivity index (χ1) is 61.8. The smallest absolute Gasteiger partial charge is 0.257 e. The maximum atomic E-state index is 12.4. The van der Waals surface area contributed by atoms with Crippen molar-refractivity contribution in [3.63, 3.8) is 0 Å². The van der Waals surface area contributed by atoms with E-state index in [-0.39, 0.29) is 29.5 Å².